The molecule has 0 saturated heterocycles. The van der Waals surface area contributed by atoms with Crippen molar-refractivity contribution in [2.24, 2.45) is 0 Å². The van der Waals surface area contributed by atoms with Crippen LogP contribution < -0.4 is 5.32 Å². The summed E-state index contributed by atoms with van der Waals surface area (Å²) < 4.78 is 11.3. The van der Waals surface area contributed by atoms with Gasteiger partial charge < -0.3 is 14.8 Å². The Bertz CT molecular complexity index is 1160. The number of ketones is 1. The summed E-state index contributed by atoms with van der Waals surface area (Å²) in [6.07, 6.45) is -2.05. The fourth-order valence-corrected chi connectivity index (χ4v) is 3.45. The van der Waals surface area contributed by atoms with E-state index in [2.05, 4.69) is 5.32 Å². The van der Waals surface area contributed by atoms with Gasteiger partial charge in [-0.1, -0.05) is 77.9 Å². The number of benzene rings is 3. The molecule has 1 amide bonds. The SMILES string of the molecule is Cc1ccc(C(=O)C(OC(=O)c2ccccc2)C(NC(=O)OC(C)(C)C)c2ccc(C)cc2)cc1. The van der Waals surface area contributed by atoms with Crippen molar-refractivity contribution >= 4 is 17.8 Å². The van der Waals surface area contributed by atoms with Gasteiger partial charge in [0.05, 0.1) is 5.56 Å². The second kappa shape index (κ2) is 11.0. The largest absolute Gasteiger partial charge is 0.448 e. The van der Waals surface area contributed by atoms with Crippen LogP contribution in [-0.4, -0.2) is 29.6 Å². The van der Waals surface area contributed by atoms with Crippen LogP contribution in [0.25, 0.3) is 0 Å². The van der Waals surface area contributed by atoms with Crippen molar-refractivity contribution in [2.45, 2.75) is 52.4 Å². The number of hydrogen-bond acceptors (Lipinski definition) is 5. The number of aryl methyl sites for hydroxylation is 2. The molecule has 0 heterocycles. The highest BCUT2D eigenvalue weighted by Gasteiger charge is 2.36. The lowest BCUT2D eigenvalue weighted by atomic mass is 9.93. The predicted molar refractivity (Wildman–Crippen MR) is 134 cm³/mol. The molecule has 3 aromatic carbocycles. The molecule has 0 aliphatic carbocycles. The van der Waals surface area contributed by atoms with E-state index >= 15 is 0 Å². The first-order valence-electron chi connectivity index (χ1n) is 11.5. The summed E-state index contributed by atoms with van der Waals surface area (Å²) in [5, 5.41) is 2.77. The second-order valence-corrected chi connectivity index (χ2v) is 9.46. The van der Waals surface area contributed by atoms with E-state index in [1.165, 1.54) is 0 Å². The third-order valence-corrected chi connectivity index (χ3v) is 5.25. The summed E-state index contributed by atoms with van der Waals surface area (Å²) in [6, 6.07) is 21.8. The van der Waals surface area contributed by atoms with Crippen LogP contribution in [0.5, 0.6) is 0 Å². The molecule has 6 nitrogen and oxygen atoms in total. The Kier molecular flexibility index (Phi) is 8.07. The van der Waals surface area contributed by atoms with Gasteiger partial charge in [0.25, 0.3) is 0 Å². The molecule has 0 aliphatic heterocycles. The normalized spacial score (nSPS) is 12.8. The number of esters is 1. The van der Waals surface area contributed by atoms with E-state index in [0.717, 1.165) is 11.1 Å². The molecule has 0 saturated carbocycles. The first-order valence-corrected chi connectivity index (χ1v) is 11.5. The highest BCUT2D eigenvalue weighted by atomic mass is 16.6. The van der Waals surface area contributed by atoms with Gasteiger partial charge in [-0.05, 0) is 52.3 Å². The van der Waals surface area contributed by atoms with Crippen LogP contribution in [0, 0.1) is 13.8 Å². The second-order valence-electron chi connectivity index (χ2n) is 9.46. The maximum absolute atomic E-state index is 13.7. The number of nitrogens with one attached hydrogen (secondary N) is 1. The quantitative estimate of drug-likeness (QED) is 0.337. The van der Waals surface area contributed by atoms with Gasteiger partial charge in [-0.25, -0.2) is 9.59 Å². The number of amides is 1. The van der Waals surface area contributed by atoms with Crippen LogP contribution in [0.4, 0.5) is 4.79 Å². The van der Waals surface area contributed by atoms with E-state index in [0.29, 0.717) is 16.7 Å². The van der Waals surface area contributed by atoms with Gasteiger partial charge in [-0.3, -0.25) is 4.79 Å². The zero-order chi connectivity index (χ0) is 25.6. The van der Waals surface area contributed by atoms with E-state index in [9.17, 15) is 14.4 Å². The smallest absolute Gasteiger partial charge is 0.408 e. The molecule has 0 aliphatic rings. The van der Waals surface area contributed by atoms with E-state index < -0.39 is 35.6 Å². The Labute approximate surface area is 206 Å². The van der Waals surface area contributed by atoms with Crippen LogP contribution in [0.2, 0.25) is 0 Å². The minimum atomic E-state index is -1.33. The fraction of sp³-hybridized carbons (Fsp3) is 0.276. The van der Waals surface area contributed by atoms with Gasteiger partial charge in [-0.15, -0.1) is 0 Å². The maximum atomic E-state index is 13.7. The molecular weight excluding hydrogens is 442 g/mol. The fourth-order valence-electron chi connectivity index (χ4n) is 3.45. The Hall–Kier alpha value is -3.93. The van der Waals surface area contributed by atoms with Gasteiger partial charge in [0.1, 0.15) is 11.6 Å². The number of alkyl carbamates (subject to hydrolysis) is 1. The lowest BCUT2D eigenvalue weighted by Gasteiger charge is -2.29. The van der Waals surface area contributed by atoms with Crippen molar-refractivity contribution < 1.29 is 23.9 Å². The third kappa shape index (κ3) is 7.27. The molecule has 0 spiro atoms. The molecule has 3 aromatic rings. The Morgan fingerprint density at radius 1 is 0.743 bits per heavy atom. The zero-order valence-corrected chi connectivity index (χ0v) is 20.7. The number of Topliss-reactive ketones (excluding diaryl/α,β-unsaturated/α-hetero) is 1. The first kappa shape index (κ1) is 25.7. The van der Waals surface area contributed by atoms with Crippen LogP contribution in [0.1, 0.15) is 64.2 Å². The van der Waals surface area contributed by atoms with Crippen LogP contribution in [-0.2, 0) is 9.47 Å². The van der Waals surface area contributed by atoms with Gasteiger partial charge in [0, 0.05) is 5.56 Å². The first-order chi connectivity index (χ1) is 16.5. The molecule has 35 heavy (non-hydrogen) atoms. The van der Waals surface area contributed by atoms with E-state index in [-0.39, 0.29) is 0 Å². The summed E-state index contributed by atoms with van der Waals surface area (Å²) in [5.74, 6) is -1.10. The van der Waals surface area contributed by atoms with Crippen molar-refractivity contribution in [3.8, 4) is 0 Å². The summed E-state index contributed by atoms with van der Waals surface area (Å²) >= 11 is 0. The third-order valence-electron chi connectivity index (χ3n) is 5.25. The van der Waals surface area contributed by atoms with Gasteiger partial charge in [0.15, 0.2) is 6.10 Å². The number of carbonyl (C=O) groups is 3. The lowest BCUT2D eigenvalue weighted by Crippen LogP contribution is -2.44. The maximum Gasteiger partial charge on any atom is 0.408 e. The summed E-state index contributed by atoms with van der Waals surface area (Å²) in [6.45, 7) is 9.10. The number of rotatable bonds is 7. The van der Waals surface area contributed by atoms with E-state index in [1.54, 1.807) is 75.4 Å². The molecule has 182 valence electrons. The number of hydrogen-bond donors (Lipinski definition) is 1. The standard InChI is InChI=1S/C29H31NO5/c1-19-11-15-21(16-12-19)24(30-28(33)35-29(3,4)5)26(25(31)22-17-13-20(2)14-18-22)34-27(32)23-9-7-6-8-10-23/h6-18,24,26H,1-5H3,(H,30,33). The van der Waals surface area contributed by atoms with Crippen molar-refractivity contribution in [3.63, 3.8) is 0 Å². The monoisotopic (exact) mass is 473 g/mol. The molecule has 2 atom stereocenters. The molecule has 0 aromatic heterocycles. The average Bonchev–Trinajstić information content (AvgIpc) is 2.81. The average molecular weight is 474 g/mol. The summed E-state index contributed by atoms with van der Waals surface area (Å²) in [5.41, 5.74) is 2.51. The molecule has 0 bridgehead atoms. The van der Waals surface area contributed by atoms with E-state index in [4.69, 9.17) is 9.47 Å². The number of ether oxygens (including phenoxy) is 2. The molecular formula is C29H31NO5. The van der Waals surface area contributed by atoms with E-state index in [1.807, 2.05) is 38.1 Å². The summed E-state index contributed by atoms with van der Waals surface area (Å²) in [7, 11) is 0. The zero-order valence-electron chi connectivity index (χ0n) is 20.7. The Morgan fingerprint density at radius 2 is 1.29 bits per heavy atom. The molecule has 3 rings (SSSR count). The van der Waals surface area contributed by atoms with Crippen molar-refractivity contribution in [3.05, 3.63) is 107 Å². The Morgan fingerprint density at radius 3 is 1.83 bits per heavy atom. The Balaban J connectivity index is 2.05. The van der Waals surface area contributed by atoms with Crippen LogP contribution >= 0.6 is 0 Å². The predicted octanol–water partition coefficient (Wildman–Crippen LogP) is 5.98. The van der Waals surface area contributed by atoms with Crippen LogP contribution in [0.3, 0.4) is 0 Å². The highest BCUT2D eigenvalue weighted by molar-refractivity contribution is 6.02. The highest BCUT2D eigenvalue weighted by Crippen LogP contribution is 2.26. The minimum absolute atomic E-state index is 0.300. The molecule has 0 radical (unpaired) electrons. The van der Waals surface area contributed by atoms with Gasteiger partial charge in [0.2, 0.25) is 5.78 Å². The van der Waals surface area contributed by atoms with Gasteiger partial charge in [-0.2, -0.15) is 0 Å². The molecule has 6 heteroatoms. The number of carbonyl (C=O) groups excluding carboxylic acids is 3. The molecule has 0 fully saturated rings. The molecule has 2 unspecified atom stereocenters. The topological polar surface area (TPSA) is 81.7 Å². The van der Waals surface area contributed by atoms with Crippen LogP contribution in [0.15, 0.2) is 78.9 Å². The minimum Gasteiger partial charge on any atom is -0.448 e. The van der Waals surface area contributed by atoms with Crippen molar-refractivity contribution in [2.75, 3.05) is 0 Å². The summed E-state index contributed by atoms with van der Waals surface area (Å²) in [4.78, 5) is 39.5. The van der Waals surface area contributed by atoms with Gasteiger partial charge >= 0.3 is 12.1 Å². The lowest BCUT2D eigenvalue weighted by molar-refractivity contribution is 0.0149. The van der Waals surface area contributed by atoms with Crippen molar-refractivity contribution in [1.82, 2.24) is 5.32 Å². The van der Waals surface area contributed by atoms with Crippen molar-refractivity contribution in [1.29, 1.82) is 0 Å². The molecule has 1 N–H and O–H groups in total.